The molecule has 0 heterocycles. The fourth-order valence-corrected chi connectivity index (χ4v) is 4.83. The normalized spacial score (nSPS) is 11.6. The largest absolute Gasteiger partial charge is 0.490 e. The first kappa shape index (κ1) is 27.0. The molecular weight excluding hydrogens is 552 g/mol. The average Bonchev–Trinajstić information content (AvgIpc) is 2.85. The molecule has 0 saturated heterocycles. The number of ether oxygens (including phenoxy) is 1. The fraction of sp³-hybridized carbons (Fsp3) is 0.167. The number of nitro groups is 1. The van der Waals surface area contributed by atoms with Gasteiger partial charge < -0.3 is 4.74 Å². The molecule has 12 heteroatoms. The van der Waals surface area contributed by atoms with Gasteiger partial charge in [-0.1, -0.05) is 45.8 Å². The first-order chi connectivity index (χ1) is 17.1. The first-order valence-electron chi connectivity index (χ1n) is 10.6. The Balaban J connectivity index is 1.78. The van der Waals surface area contributed by atoms with Gasteiger partial charge in [-0.3, -0.25) is 14.9 Å². The average molecular weight is 575 g/mol. The molecule has 0 bridgehead atoms. The molecule has 188 valence electrons. The summed E-state index contributed by atoms with van der Waals surface area (Å²) in [6.45, 7) is 1.32. The summed E-state index contributed by atoms with van der Waals surface area (Å²) in [6.07, 6.45) is 1.22. The van der Waals surface area contributed by atoms with Crippen LogP contribution in [0.3, 0.4) is 0 Å². The predicted molar refractivity (Wildman–Crippen MR) is 138 cm³/mol. The summed E-state index contributed by atoms with van der Waals surface area (Å²) in [7, 11) is -2.68. The highest BCUT2D eigenvalue weighted by atomic mass is 79.9. The molecule has 0 aliphatic rings. The van der Waals surface area contributed by atoms with E-state index < -0.39 is 27.4 Å². The zero-order chi connectivity index (χ0) is 26.3. The summed E-state index contributed by atoms with van der Waals surface area (Å²) < 4.78 is 33.5. The van der Waals surface area contributed by atoms with Crippen LogP contribution >= 0.6 is 15.9 Å². The molecular formula is C24H23BrN4O6S. The summed E-state index contributed by atoms with van der Waals surface area (Å²) in [6, 6.07) is 17.6. The quantitative estimate of drug-likeness (QED) is 0.221. The van der Waals surface area contributed by atoms with Crippen molar-refractivity contribution >= 4 is 43.8 Å². The second kappa shape index (κ2) is 11.9. The van der Waals surface area contributed by atoms with Crippen LogP contribution in [0.25, 0.3) is 0 Å². The summed E-state index contributed by atoms with van der Waals surface area (Å²) >= 11 is 3.35. The summed E-state index contributed by atoms with van der Waals surface area (Å²) in [5, 5.41) is 15.0. The Labute approximate surface area is 216 Å². The maximum absolute atomic E-state index is 13.3. The van der Waals surface area contributed by atoms with Crippen LogP contribution in [0.4, 0.5) is 5.69 Å². The zero-order valence-corrected chi connectivity index (χ0v) is 21.8. The molecule has 3 aromatic rings. The molecule has 0 aromatic heterocycles. The van der Waals surface area contributed by atoms with Crippen molar-refractivity contribution in [2.75, 3.05) is 13.7 Å². The Morgan fingerprint density at radius 1 is 1.14 bits per heavy atom. The van der Waals surface area contributed by atoms with Crippen LogP contribution in [0.5, 0.6) is 5.75 Å². The van der Waals surface area contributed by atoms with Crippen LogP contribution < -0.4 is 10.2 Å². The number of halogens is 1. The van der Waals surface area contributed by atoms with Gasteiger partial charge in [0, 0.05) is 22.6 Å². The third-order valence-corrected chi connectivity index (χ3v) is 7.39. The zero-order valence-electron chi connectivity index (χ0n) is 19.4. The van der Waals surface area contributed by atoms with E-state index in [9.17, 15) is 23.3 Å². The molecule has 10 nitrogen and oxygen atoms in total. The number of nitrogens with zero attached hydrogens (tertiary/aromatic N) is 3. The lowest BCUT2D eigenvalue weighted by molar-refractivity contribution is -0.385. The first-order valence-corrected chi connectivity index (χ1v) is 12.8. The lowest BCUT2D eigenvalue weighted by Crippen LogP contribution is -2.39. The van der Waals surface area contributed by atoms with Crippen molar-refractivity contribution in [1.82, 2.24) is 9.73 Å². The van der Waals surface area contributed by atoms with Gasteiger partial charge in [-0.05, 0) is 48.9 Å². The number of nitrogens with one attached hydrogen (secondary N) is 1. The van der Waals surface area contributed by atoms with Crippen molar-refractivity contribution in [2.45, 2.75) is 18.4 Å². The summed E-state index contributed by atoms with van der Waals surface area (Å²) in [5.74, 6) is -0.590. The van der Waals surface area contributed by atoms with Crippen molar-refractivity contribution in [3.63, 3.8) is 0 Å². The monoisotopic (exact) mass is 574 g/mol. The minimum atomic E-state index is -4.00. The molecule has 3 aromatic carbocycles. The number of hydrogen-bond acceptors (Lipinski definition) is 7. The van der Waals surface area contributed by atoms with Gasteiger partial charge in [-0.2, -0.15) is 9.41 Å². The van der Waals surface area contributed by atoms with Crippen LogP contribution in [0.1, 0.15) is 16.7 Å². The number of nitro benzene ring substituents is 1. The number of rotatable bonds is 10. The number of benzene rings is 3. The maximum atomic E-state index is 13.3. The molecule has 0 unspecified atom stereocenters. The number of carbonyl (C=O) groups excluding carboxylic acids is 1. The SMILES string of the molecule is COc1ccc(/C=N\NC(=O)CN(Cc2ccc(Br)cc2)S(=O)(=O)c2ccc(C)cc2)cc1[N+](=O)[O-]. The van der Waals surface area contributed by atoms with E-state index in [2.05, 4.69) is 26.5 Å². The highest BCUT2D eigenvalue weighted by molar-refractivity contribution is 9.10. The summed E-state index contributed by atoms with van der Waals surface area (Å²) in [5.41, 5.74) is 3.97. The minimum Gasteiger partial charge on any atom is -0.490 e. The molecule has 3 rings (SSSR count). The number of aryl methyl sites for hydroxylation is 1. The van der Waals surface area contributed by atoms with E-state index in [1.54, 1.807) is 36.4 Å². The number of amides is 1. The number of sulfonamides is 1. The predicted octanol–water partition coefficient (Wildman–Crippen LogP) is 4.02. The topological polar surface area (TPSA) is 131 Å². The van der Waals surface area contributed by atoms with Crippen LogP contribution in [0.15, 0.2) is 81.2 Å². The van der Waals surface area contributed by atoms with Crippen molar-refractivity contribution in [2.24, 2.45) is 5.10 Å². The van der Waals surface area contributed by atoms with E-state index in [4.69, 9.17) is 4.74 Å². The standard InChI is InChI=1S/C24H23BrN4O6S/c1-17-3-10-21(11-4-17)36(33,34)28(15-18-5-8-20(25)9-6-18)16-24(30)27-26-14-19-7-12-23(35-2)22(13-19)29(31)32/h3-14H,15-16H2,1-2H3,(H,27,30)/b26-14-. The van der Waals surface area contributed by atoms with E-state index in [1.807, 2.05) is 6.92 Å². The Morgan fingerprint density at radius 2 is 1.81 bits per heavy atom. The lowest BCUT2D eigenvalue weighted by atomic mass is 10.2. The highest BCUT2D eigenvalue weighted by Crippen LogP contribution is 2.27. The Hall–Kier alpha value is -3.61. The number of hydrazone groups is 1. The van der Waals surface area contributed by atoms with Crippen molar-refractivity contribution in [3.05, 3.63) is 98.0 Å². The third-order valence-electron chi connectivity index (χ3n) is 5.05. The number of carbonyl (C=O) groups is 1. The second-order valence-electron chi connectivity index (χ2n) is 7.69. The van der Waals surface area contributed by atoms with Gasteiger partial charge in [0.25, 0.3) is 5.91 Å². The highest BCUT2D eigenvalue weighted by Gasteiger charge is 2.27. The smallest absolute Gasteiger partial charge is 0.311 e. The van der Waals surface area contributed by atoms with Gasteiger partial charge in [-0.25, -0.2) is 13.8 Å². The van der Waals surface area contributed by atoms with Gasteiger partial charge in [0.1, 0.15) is 0 Å². The second-order valence-corrected chi connectivity index (χ2v) is 10.5. The van der Waals surface area contributed by atoms with Crippen LogP contribution in [0, 0.1) is 17.0 Å². The molecule has 0 fully saturated rings. The number of methoxy groups -OCH3 is 1. The third kappa shape index (κ3) is 6.97. The van der Waals surface area contributed by atoms with Gasteiger partial charge in [0.05, 0.1) is 29.7 Å². The lowest BCUT2D eigenvalue weighted by Gasteiger charge is -2.21. The van der Waals surface area contributed by atoms with E-state index in [0.717, 1.165) is 14.3 Å². The van der Waals surface area contributed by atoms with E-state index >= 15 is 0 Å². The minimum absolute atomic E-state index is 0.0364. The van der Waals surface area contributed by atoms with Crippen molar-refractivity contribution < 1.29 is 22.9 Å². The van der Waals surface area contributed by atoms with Crippen molar-refractivity contribution in [1.29, 1.82) is 0 Å². The van der Waals surface area contributed by atoms with Crippen LogP contribution in [0.2, 0.25) is 0 Å². The molecule has 1 N–H and O–H groups in total. The molecule has 0 aliphatic heterocycles. The van der Waals surface area contributed by atoms with E-state index in [1.165, 1.54) is 43.7 Å². The van der Waals surface area contributed by atoms with Crippen molar-refractivity contribution in [3.8, 4) is 5.75 Å². The molecule has 0 spiro atoms. The molecule has 36 heavy (non-hydrogen) atoms. The van der Waals surface area contributed by atoms with E-state index in [-0.39, 0.29) is 22.9 Å². The van der Waals surface area contributed by atoms with Gasteiger partial charge >= 0.3 is 5.69 Å². The molecule has 0 saturated carbocycles. The van der Waals surface area contributed by atoms with Crippen LogP contribution in [-0.4, -0.2) is 43.4 Å². The Bertz CT molecular complexity index is 1380. The maximum Gasteiger partial charge on any atom is 0.311 e. The van der Waals surface area contributed by atoms with Crippen LogP contribution in [-0.2, 0) is 21.4 Å². The number of hydrogen-bond donors (Lipinski definition) is 1. The Kier molecular flexibility index (Phi) is 8.91. The molecule has 1 amide bonds. The van der Waals surface area contributed by atoms with Gasteiger partial charge in [0.2, 0.25) is 10.0 Å². The summed E-state index contributed by atoms with van der Waals surface area (Å²) in [4.78, 5) is 23.3. The van der Waals surface area contributed by atoms with Gasteiger partial charge in [-0.15, -0.1) is 0 Å². The fourth-order valence-electron chi connectivity index (χ4n) is 3.18. The van der Waals surface area contributed by atoms with Gasteiger partial charge in [0.15, 0.2) is 5.75 Å². The van der Waals surface area contributed by atoms with E-state index in [0.29, 0.717) is 11.1 Å². The Morgan fingerprint density at radius 3 is 2.42 bits per heavy atom. The molecule has 0 aliphatic carbocycles. The molecule has 0 atom stereocenters. The molecule has 0 radical (unpaired) electrons.